The fourth-order valence-corrected chi connectivity index (χ4v) is 5.60. The Hall–Kier alpha value is -2.96. The summed E-state index contributed by atoms with van der Waals surface area (Å²) in [6.07, 6.45) is 7.10. The summed E-state index contributed by atoms with van der Waals surface area (Å²) in [5, 5.41) is 2.71. The van der Waals surface area contributed by atoms with Gasteiger partial charge >= 0.3 is 5.97 Å². The lowest BCUT2D eigenvalue weighted by Gasteiger charge is -2.37. The van der Waals surface area contributed by atoms with Gasteiger partial charge in [-0.15, -0.1) is 0 Å². The molecule has 1 aliphatic heterocycles. The molecule has 2 saturated carbocycles. The molecule has 3 fully saturated rings. The monoisotopic (exact) mass is 422 g/mol. The summed E-state index contributed by atoms with van der Waals surface area (Å²) < 4.78 is 5.17. The number of rotatable bonds is 7. The predicted octanol–water partition coefficient (Wildman–Crippen LogP) is 2.64. The zero-order chi connectivity index (χ0) is 21.7. The first-order valence-corrected chi connectivity index (χ1v) is 11.1. The van der Waals surface area contributed by atoms with Gasteiger partial charge in [-0.05, 0) is 60.8 Å². The number of esters is 1. The molecule has 1 saturated heterocycles. The molecule has 1 aromatic rings. The van der Waals surface area contributed by atoms with Crippen molar-refractivity contribution in [3.8, 4) is 0 Å². The van der Waals surface area contributed by atoms with E-state index in [0.29, 0.717) is 29.7 Å². The van der Waals surface area contributed by atoms with Crippen molar-refractivity contribution in [3.63, 3.8) is 0 Å². The van der Waals surface area contributed by atoms with Gasteiger partial charge in [-0.3, -0.25) is 19.3 Å². The number of amides is 3. The number of likely N-dealkylation sites (tertiary alicyclic amines) is 1. The molecule has 6 atom stereocenters. The van der Waals surface area contributed by atoms with Crippen LogP contribution < -0.4 is 5.32 Å². The molecule has 0 radical (unpaired) electrons. The Labute approximate surface area is 180 Å². The van der Waals surface area contributed by atoms with Gasteiger partial charge in [-0.2, -0.15) is 0 Å². The molecule has 31 heavy (non-hydrogen) atoms. The number of anilines is 1. The van der Waals surface area contributed by atoms with Crippen molar-refractivity contribution < 1.29 is 23.9 Å². The third-order valence-electron chi connectivity index (χ3n) is 7.19. The van der Waals surface area contributed by atoms with Crippen LogP contribution in [-0.2, 0) is 19.1 Å². The Kier molecular flexibility index (Phi) is 4.91. The van der Waals surface area contributed by atoms with Crippen molar-refractivity contribution in [3.05, 3.63) is 42.0 Å². The van der Waals surface area contributed by atoms with Crippen LogP contribution in [0, 0.1) is 35.5 Å². The Morgan fingerprint density at radius 2 is 1.65 bits per heavy atom. The molecule has 0 spiro atoms. The zero-order valence-corrected chi connectivity index (χ0v) is 17.5. The predicted molar refractivity (Wildman–Crippen MR) is 112 cm³/mol. The molecule has 1 aromatic carbocycles. The first-order chi connectivity index (χ1) is 15.0. The standard InChI is InChI=1S/C24H26N2O5/c1-2-3-10-31-24(30)13-4-6-14(7-5-13)25-19(27)12-26-22(28)20-15-8-9-16(18-11-17(15)18)21(20)23(26)29/h4-9,15-18,20-21H,2-3,10-12H2,1H3,(H,25,27)/t15-,16-,17-,18+,20+,21+/m0/s1. The van der Waals surface area contributed by atoms with Gasteiger partial charge in [0.25, 0.3) is 0 Å². The number of imide groups is 1. The molecule has 0 unspecified atom stereocenters. The lowest BCUT2D eigenvalue weighted by molar-refractivity contribution is -0.142. The third kappa shape index (κ3) is 3.36. The largest absolute Gasteiger partial charge is 0.462 e. The SMILES string of the molecule is CCCCOC(=O)c1ccc(NC(=O)CN2C(=O)[C@@H]3[C@H]4C=C[C@@H]([C@@H]5C[C@H]45)[C@H]3C2=O)cc1. The smallest absolute Gasteiger partial charge is 0.338 e. The van der Waals surface area contributed by atoms with Crippen molar-refractivity contribution in [2.75, 3.05) is 18.5 Å². The number of ether oxygens (including phenoxy) is 1. The highest BCUT2D eigenvalue weighted by Gasteiger charge is 2.67. The second-order valence-electron chi connectivity index (χ2n) is 9.03. The topological polar surface area (TPSA) is 92.8 Å². The number of unbranched alkanes of at least 4 members (excludes halogenated alkanes) is 1. The summed E-state index contributed by atoms with van der Waals surface area (Å²) in [6.45, 7) is 2.12. The normalized spacial score (nSPS) is 32.0. The van der Waals surface area contributed by atoms with Gasteiger partial charge in [0.05, 0.1) is 24.0 Å². The molecule has 6 rings (SSSR count). The van der Waals surface area contributed by atoms with Crippen LogP contribution in [0.25, 0.3) is 0 Å². The quantitative estimate of drug-likeness (QED) is 0.316. The minimum atomic E-state index is -0.427. The van der Waals surface area contributed by atoms with E-state index in [1.165, 1.54) is 0 Å². The van der Waals surface area contributed by atoms with Gasteiger partial charge in [0, 0.05) is 5.69 Å². The van der Waals surface area contributed by atoms with E-state index in [4.69, 9.17) is 4.74 Å². The van der Waals surface area contributed by atoms with Crippen LogP contribution in [-0.4, -0.2) is 41.7 Å². The van der Waals surface area contributed by atoms with Crippen LogP contribution in [0.4, 0.5) is 5.69 Å². The number of hydrogen-bond donors (Lipinski definition) is 1. The van der Waals surface area contributed by atoms with Gasteiger partial charge < -0.3 is 10.1 Å². The summed E-state index contributed by atoms with van der Waals surface area (Å²) in [4.78, 5) is 51.6. The highest BCUT2D eigenvalue weighted by atomic mass is 16.5. The van der Waals surface area contributed by atoms with E-state index in [9.17, 15) is 19.2 Å². The Balaban J connectivity index is 1.19. The fraction of sp³-hybridized carbons (Fsp3) is 0.500. The lowest BCUT2D eigenvalue weighted by Crippen LogP contribution is -2.40. The minimum absolute atomic E-state index is 0.147. The molecule has 4 aliphatic carbocycles. The number of nitrogens with zero attached hydrogens (tertiary/aromatic N) is 1. The van der Waals surface area contributed by atoms with Crippen molar-refractivity contribution in [2.24, 2.45) is 35.5 Å². The van der Waals surface area contributed by atoms with E-state index in [-0.39, 0.29) is 42.0 Å². The summed E-state index contributed by atoms with van der Waals surface area (Å²) in [5.74, 6) is -0.465. The Bertz CT molecular complexity index is 933. The van der Waals surface area contributed by atoms with Crippen LogP contribution in [0.3, 0.4) is 0 Å². The van der Waals surface area contributed by atoms with Crippen molar-refractivity contribution in [1.82, 2.24) is 4.90 Å². The molecule has 7 heteroatoms. The first kappa shape index (κ1) is 20.0. The maximum Gasteiger partial charge on any atom is 0.338 e. The fourth-order valence-electron chi connectivity index (χ4n) is 5.60. The number of carbonyl (C=O) groups excluding carboxylic acids is 4. The summed E-state index contributed by atoms with van der Waals surface area (Å²) >= 11 is 0. The Morgan fingerprint density at radius 1 is 1.03 bits per heavy atom. The van der Waals surface area contributed by atoms with Crippen LogP contribution in [0.1, 0.15) is 36.5 Å². The molecule has 7 nitrogen and oxygen atoms in total. The molecule has 1 N–H and O–H groups in total. The maximum absolute atomic E-state index is 13.0. The summed E-state index contributed by atoms with van der Waals surface area (Å²) in [7, 11) is 0. The molecule has 2 bridgehead atoms. The summed E-state index contributed by atoms with van der Waals surface area (Å²) in [5.41, 5.74) is 0.902. The zero-order valence-electron chi connectivity index (χ0n) is 17.5. The van der Waals surface area contributed by atoms with E-state index in [2.05, 4.69) is 17.5 Å². The first-order valence-electron chi connectivity index (χ1n) is 11.1. The van der Waals surface area contributed by atoms with E-state index in [1.807, 2.05) is 6.92 Å². The van der Waals surface area contributed by atoms with Crippen molar-refractivity contribution in [2.45, 2.75) is 26.2 Å². The van der Waals surface area contributed by atoms with Crippen LogP contribution >= 0.6 is 0 Å². The molecule has 5 aliphatic rings. The highest BCUT2D eigenvalue weighted by Crippen LogP contribution is 2.65. The second kappa shape index (κ2) is 7.62. The molecular weight excluding hydrogens is 396 g/mol. The van der Waals surface area contributed by atoms with Crippen molar-refractivity contribution >= 4 is 29.4 Å². The van der Waals surface area contributed by atoms with Crippen LogP contribution in [0.15, 0.2) is 36.4 Å². The maximum atomic E-state index is 13.0. The van der Waals surface area contributed by atoms with E-state index < -0.39 is 11.9 Å². The molecule has 3 amide bonds. The van der Waals surface area contributed by atoms with E-state index in [0.717, 1.165) is 24.2 Å². The minimum Gasteiger partial charge on any atom is -0.462 e. The lowest BCUT2D eigenvalue weighted by atomic mass is 9.63. The average Bonchev–Trinajstić information content (AvgIpc) is 3.55. The average molecular weight is 422 g/mol. The molecule has 1 heterocycles. The Morgan fingerprint density at radius 3 is 2.23 bits per heavy atom. The number of carbonyl (C=O) groups is 4. The van der Waals surface area contributed by atoms with Gasteiger partial charge in [-0.25, -0.2) is 4.79 Å². The second-order valence-corrected chi connectivity index (χ2v) is 9.03. The van der Waals surface area contributed by atoms with Crippen molar-refractivity contribution in [1.29, 1.82) is 0 Å². The molecular formula is C24H26N2O5. The van der Waals surface area contributed by atoms with Gasteiger partial charge in [0.15, 0.2) is 0 Å². The van der Waals surface area contributed by atoms with E-state index in [1.54, 1.807) is 24.3 Å². The van der Waals surface area contributed by atoms with Gasteiger partial charge in [-0.1, -0.05) is 25.5 Å². The number of nitrogens with one attached hydrogen (secondary N) is 1. The number of hydrogen-bond acceptors (Lipinski definition) is 5. The molecule has 162 valence electrons. The number of allylic oxidation sites excluding steroid dienone is 2. The highest BCUT2D eigenvalue weighted by molar-refractivity contribution is 6.09. The number of benzene rings is 1. The molecule has 0 aromatic heterocycles. The summed E-state index contributed by atoms with van der Waals surface area (Å²) in [6, 6.07) is 6.39. The van der Waals surface area contributed by atoms with Crippen LogP contribution in [0.5, 0.6) is 0 Å². The van der Waals surface area contributed by atoms with Gasteiger partial charge in [0.1, 0.15) is 6.54 Å². The van der Waals surface area contributed by atoms with E-state index >= 15 is 0 Å². The van der Waals surface area contributed by atoms with Crippen LogP contribution in [0.2, 0.25) is 0 Å². The third-order valence-corrected chi connectivity index (χ3v) is 7.19. The van der Waals surface area contributed by atoms with Gasteiger partial charge in [0.2, 0.25) is 17.7 Å².